The first-order valence-electron chi connectivity index (χ1n) is 8.51. The van der Waals surface area contributed by atoms with Crippen LogP contribution in [0, 0.1) is 23.0 Å². The maximum Gasteiger partial charge on any atom is 0.274 e. The summed E-state index contributed by atoms with van der Waals surface area (Å²) >= 11 is 0. The third kappa shape index (κ3) is 3.14. The fraction of sp³-hybridized carbons (Fsp3) is 0.0455. The zero-order chi connectivity index (χ0) is 19.7. The highest BCUT2D eigenvalue weighted by Gasteiger charge is 2.14. The van der Waals surface area contributed by atoms with Crippen molar-refractivity contribution in [1.82, 2.24) is 9.78 Å². The quantitative estimate of drug-likeness (QED) is 0.539. The van der Waals surface area contributed by atoms with Gasteiger partial charge in [0.2, 0.25) is 0 Å². The van der Waals surface area contributed by atoms with Crippen molar-refractivity contribution in [3.05, 3.63) is 99.8 Å². The number of rotatable bonds is 3. The Labute approximate surface area is 158 Å². The summed E-state index contributed by atoms with van der Waals surface area (Å²) < 4.78 is 28.4. The van der Waals surface area contributed by atoms with Crippen LogP contribution >= 0.6 is 0 Å². The number of nitrogens with zero attached hydrogens (tertiary/aromatic N) is 3. The minimum absolute atomic E-state index is 0.149. The molecule has 1 heterocycles. The number of aromatic nitrogens is 2. The highest BCUT2D eigenvalue weighted by atomic mass is 19.2. The Morgan fingerprint density at radius 2 is 1.71 bits per heavy atom. The van der Waals surface area contributed by atoms with Crippen molar-refractivity contribution in [2.75, 3.05) is 0 Å². The van der Waals surface area contributed by atoms with E-state index in [0.717, 1.165) is 17.7 Å². The lowest BCUT2D eigenvalue weighted by molar-refractivity contribution is 0.509. The molecule has 0 saturated carbocycles. The molecule has 0 spiro atoms. The lowest BCUT2D eigenvalue weighted by Gasteiger charge is -2.12. The fourth-order valence-corrected chi connectivity index (χ4v) is 3.11. The Balaban J connectivity index is 1.92. The average Bonchev–Trinajstić information content (AvgIpc) is 2.72. The summed E-state index contributed by atoms with van der Waals surface area (Å²) in [4.78, 5) is 12.9. The number of hydrogen-bond donors (Lipinski definition) is 0. The zero-order valence-electron chi connectivity index (χ0n) is 14.6. The smallest absolute Gasteiger partial charge is 0.267 e. The molecule has 0 aliphatic carbocycles. The summed E-state index contributed by atoms with van der Waals surface area (Å²) in [7, 11) is 0. The average molecular weight is 373 g/mol. The van der Waals surface area contributed by atoms with Crippen molar-refractivity contribution < 1.29 is 8.78 Å². The molecule has 0 unspecified atom stereocenters. The van der Waals surface area contributed by atoms with E-state index in [2.05, 4.69) is 11.2 Å². The topological polar surface area (TPSA) is 58.7 Å². The van der Waals surface area contributed by atoms with E-state index in [1.54, 1.807) is 48.5 Å². The number of fused-ring (bicyclic) bond motifs is 1. The van der Waals surface area contributed by atoms with Gasteiger partial charge in [0, 0.05) is 10.9 Å². The van der Waals surface area contributed by atoms with Gasteiger partial charge < -0.3 is 0 Å². The summed E-state index contributed by atoms with van der Waals surface area (Å²) in [6.07, 6.45) is 0. The first kappa shape index (κ1) is 17.6. The molecule has 6 heteroatoms. The summed E-state index contributed by atoms with van der Waals surface area (Å²) in [6.45, 7) is 0.149. The second-order valence-electron chi connectivity index (χ2n) is 6.30. The van der Waals surface area contributed by atoms with Crippen LogP contribution in [0.1, 0.15) is 11.1 Å². The van der Waals surface area contributed by atoms with Crippen molar-refractivity contribution >= 4 is 10.8 Å². The molecule has 0 radical (unpaired) electrons. The summed E-state index contributed by atoms with van der Waals surface area (Å²) in [6, 6.07) is 19.4. The molecule has 1 aromatic heterocycles. The lowest BCUT2D eigenvalue weighted by atomic mass is 10.0. The Morgan fingerprint density at radius 3 is 2.46 bits per heavy atom. The SMILES string of the molecule is N#Cc1cccc(Cn2nc(-c3ccc(F)c(F)c3)c3ccccc3c2=O)c1. The molecule has 0 bridgehead atoms. The van der Waals surface area contributed by atoms with Gasteiger partial charge in [-0.3, -0.25) is 4.79 Å². The molecule has 0 aliphatic rings. The van der Waals surface area contributed by atoms with Gasteiger partial charge in [-0.25, -0.2) is 13.5 Å². The normalized spacial score (nSPS) is 10.8. The molecule has 4 aromatic rings. The maximum absolute atomic E-state index is 13.8. The first-order chi connectivity index (χ1) is 13.6. The van der Waals surface area contributed by atoms with Gasteiger partial charge in [-0.05, 0) is 42.0 Å². The minimum Gasteiger partial charge on any atom is -0.267 e. The predicted molar refractivity (Wildman–Crippen MR) is 102 cm³/mol. The summed E-state index contributed by atoms with van der Waals surface area (Å²) in [5.41, 5.74) is 1.66. The minimum atomic E-state index is -0.983. The van der Waals surface area contributed by atoms with Gasteiger partial charge in [-0.1, -0.05) is 30.3 Å². The fourth-order valence-electron chi connectivity index (χ4n) is 3.11. The van der Waals surface area contributed by atoms with Crippen LogP contribution in [-0.2, 0) is 6.54 Å². The van der Waals surface area contributed by atoms with Crippen molar-refractivity contribution in [3.63, 3.8) is 0 Å². The monoisotopic (exact) mass is 373 g/mol. The molecule has 28 heavy (non-hydrogen) atoms. The maximum atomic E-state index is 13.8. The molecule has 0 atom stereocenters. The third-order valence-electron chi connectivity index (χ3n) is 4.45. The Hall–Kier alpha value is -3.85. The van der Waals surface area contributed by atoms with E-state index in [1.807, 2.05) is 0 Å². The molecular weight excluding hydrogens is 360 g/mol. The van der Waals surface area contributed by atoms with Gasteiger partial charge >= 0.3 is 0 Å². The molecule has 0 fully saturated rings. The Bertz CT molecular complexity index is 1310. The van der Waals surface area contributed by atoms with Crippen molar-refractivity contribution in [1.29, 1.82) is 5.26 Å². The predicted octanol–water partition coefficient (Wildman–Crippen LogP) is 4.26. The zero-order valence-corrected chi connectivity index (χ0v) is 14.6. The van der Waals surface area contributed by atoms with E-state index in [1.165, 1.54) is 10.7 Å². The molecular formula is C22H13F2N3O. The number of hydrogen-bond acceptors (Lipinski definition) is 3. The molecule has 0 saturated heterocycles. The summed E-state index contributed by atoms with van der Waals surface area (Å²) in [5, 5.41) is 14.5. The van der Waals surface area contributed by atoms with E-state index in [4.69, 9.17) is 5.26 Å². The third-order valence-corrected chi connectivity index (χ3v) is 4.45. The van der Waals surface area contributed by atoms with Crippen LogP contribution in [0.2, 0.25) is 0 Å². The molecule has 0 aliphatic heterocycles. The molecule has 4 nitrogen and oxygen atoms in total. The standard InChI is InChI=1S/C22H13F2N3O/c23-19-9-8-16(11-20(19)24)21-17-6-1-2-7-18(17)22(28)27(26-21)13-15-5-3-4-14(10-15)12-25/h1-11H,13H2. The van der Waals surface area contributed by atoms with E-state index in [-0.39, 0.29) is 12.1 Å². The van der Waals surface area contributed by atoms with Gasteiger partial charge in [0.05, 0.1) is 29.3 Å². The van der Waals surface area contributed by atoms with E-state index < -0.39 is 11.6 Å². The van der Waals surface area contributed by atoms with Crippen LogP contribution in [0.15, 0.2) is 71.5 Å². The molecule has 0 amide bonds. The Morgan fingerprint density at radius 1 is 0.929 bits per heavy atom. The van der Waals surface area contributed by atoms with Crippen molar-refractivity contribution in [3.8, 4) is 17.3 Å². The largest absolute Gasteiger partial charge is 0.274 e. The van der Waals surface area contributed by atoms with Gasteiger partial charge in [0.25, 0.3) is 5.56 Å². The van der Waals surface area contributed by atoms with Gasteiger partial charge in [-0.2, -0.15) is 10.4 Å². The van der Waals surface area contributed by atoms with Crippen LogP contribution in [0.5, 0.6) is 0 Å². The van der Waals surface area contributed by atoms with Gasteiger partial charge in [0.15, 0.2) is 11.6 Å². The van der Waals surface area contributed by atoms with Gasteiger partial charge in [-0.15, -0.1) is 0 Å². The summed E-state index contributed by atoms with van der Waals surface area (Å²) in [5.74, 6) is -1.93. The number of halogens is 2. The van der Waals surface area contributed by atoms with Gasteiger partial charge in [0.1, 0.15) is 0 Å². The van der Waals surface area contributed by atoms with Crippen LogP contribution in [0.3, 0.4) is 0 Å². The van der Waals surface area contributed by atoms with E-state index in [0.29, 0.717) is 27.6 Å². The molecule has 3 aromatic carbocycles. The molecule has 4 rings (SSSR count). The van der Waals surface area contributed by atoms with Crippen LogP contribution in [0.25, 0.3) is 22.0 Å². The molecule has 136 valence electrons. The van der Waals surface area contributed by atoms with E-state index >= 15 is 0 Å². The Kier molecular flexibility index (Phi) is 4.42. The van der Waals surface area contributed by atoms with E-state index in [9.17, 15) is 13.6 Å². The van der Waals surface area contributed by atoms with Crippen molar-refractivity contribution in [2.45, 2.75) is 6.54 Å². The first-order valence-corrected chi connectivity index (χ1v) is 8.51. The second-order valence-corrected chi connectivity index (χ2v) is 6.30. The second kappa shape index (κ2) is 7.05. The number of benzene rings is 3. The molecule has 0 N–H and O–H groups in total. The van der Waals surface area contributed by atoms with Crippen LogP contribution in [-0.4, -0.2) is 9.78 Å². The lowest BCUT2D eigenvalue weighted by Crippen LogP contribution is -2.24. The van der Waals surface area contributed by atoms with Crippen molar-refractivity contribution in [2.24, 2.45) is 0 Å². The highest BCUT2D eigenvalue weighted by Crippen LogP contribution is 2.26. The number of nitriles is 1. The van der Waals surface area contributed by atoms with Crippen LogP contribution in [0.4, 0.5) is 8.78 Å². The van der Waals surface area contributed by atoms with Crippen LogP contribution < -0.4 is 5.56 Å². The highest BCUT2D eigenvalue weighted by molar-refractivity contribution is 5.93.